The van der Waals surface area contributed by atoms with Gasteiger partial charge in [-0.15, -0.1) is 0 Å². The number of quaternary nitrogens is 1. The molecule has 1 aliphatic heterocycles. The minimum Gasteiger partial charge on any atom is -0.345 e. The predicted molar refractivity (Wildman–Crippen MR) is 98.8 cm³/mol. The highest BCUT2D eigenvalue weighted by Gasteiger charge is 2.21. The Balaban J connectivity index is 1.85. The van der Waals surface area contributed by atoms with Crippen LogP contribution in [-0.2, 0) is 0 Å². The molecule has 2 aromatic carbocycles. The first kappa shape index (κ1) is 15.4. The Morgan fingerprint density at radius 2 is 1.79 bits per heavy atom. The summed E-state index contributed by atoms with van der Waals surface area (Å²) >= 11 is 6.15. The second-order valence-corrected chi connectivity index (χ2v) is 6.78. The van der Waals surface area contributed by atoms with Crippen LogP contribution in [0.2, 0.25) is 5.02 Å². The van der Waals surface area contributed by atoms with Crippen molar-refractivity contribution < 1.29 is 4.90 Å². The predicted octanol–water partition coefficient (Wildman–Crippen LogP) is 2.28. The van der Waals surface area contributed by atoms with Crippen LogP contribution >= 0.6 is 11.6 Å². The van der Waals surface area contributed by atoms with Gasteiger partial charge in [-0.25, -0.2) is 9.97 Å². The Morgan fingerprint density at radius 1 is 1.00 bits per heavy atom. The zero-order chi connectivity index (χ0) is 16.5. The van der Waals surface area contributed by atoms with E-state index in [-0.39, 0.29) is 0 Å². The van der Waals surface area contributed by atoms with Crippen molar-refractivity contribution in [2.45, 2.75) is 0 Å². The first-order valence-electron chi connectivity index (χ1n) is 8.30. The number of nitrogens with one attached hydrogen (secondary N) is 1. The Kier molecular flexibility index (Phi) is 4.08. The Morgan fingerprint density at radius 3 is 2.58 bits per heavy atom. The van der Waals surface area contributed by atoms with E-state index >= 15 is 0 Å². The van der Waals surface area contributed by atoms with Gasteiger partial charge in [0, 0.05) is 16.0 Å². The summed E-state index contributed by atoms with van der Waals surface area (Å²) in [5.41, 5.74) is 1.93. The highest BCUT2D eigenvalue weighted by atomic mass is 35.5. The lowest BCUT2D eigenvalue weighted by atomic mass is 10.1. The van der Waals surface area contributed by atoms with E-state index in [9.17, 15) is 0 Å². The molecule has 0 unspecified atom stereocenters. The molecule has 0 spiro atoms. The molecule has 1 aromatic heterocycles. The highest BCUT2D eigenvalue weighted by Crippen LogP contribution is 2.28. The average molecular weight is 340 g/mol. The second-order valence-electron chi connectivity index (χ2n) is 6.34. The molecule has 0 bridgehead atoms. The monoisotopic (exact) mass is 339 g/mol. The first-order chi connectivity index (χ1) is 11.7. The molecule has 24 heavy (non-hydrogen) atoms. The molecule has 0 amide bonds. The standard InChI is InChI=1S/C19H19ClN4/c1-23-9-11-24(12-10-23)19-16-7-2-3-8-17(16)21-18(22-19)14-5-4-6-15(20)13-14/h2-8,13H,9-12H2,1H3/p+1. The Hall–Kier alpha value is -2.17. The fourth-order valence-electron chi connectivity index (χ4n) is 3.16. The minimum atomic E-state index is 0.703. The molecule has 0 atom stereocenters. The van der Waals surface area contributed by atoms with Gasteiger partial charge in [0.2, 0.25) is 0 Å². The van der Waals surface area contributed by atoms with E-state index in [4.69, 9.17) is 21.6 Å². The number of para-hydroxylation sites is 1. The molecule has 4 nitrogen and oxygen atoms in total. The molecule has 4 rings (SSSR count). The first-order valence-corrected chi connectivity index (χ1v) is 8.67. The fourth-order valence-corrected chi connectivity index (χ4v) is 3.35. The van der Waals surface area contributed by atoms with E-state index < -0.39 is 0 Å². The maximum absolute atomic E-state index is 6.15. The number of anilines is 1. The molecule has 122 valence electrons. The van der Waals surface area contributed by atoms with Crippen molar-refractivity contribution in [2.75, 3.05) is 38.1 Å². The van der Waals surface area contributed by atoms with E-state index in [0.29, 0.717) is 5.02 Å². The molecular formula is C19H20ClN4+. The summed E-state index contributed by atoms with van der Waals surface area (Å²) in [6.45, 7) is 4.29. The summed E-state index contributed by atoms with van der Waals surface area (Å²) < 4.78 is 0. The van der Waals surface area contributed by atoms with Gasteiger partial charge in [-0.3, -0.25) is 0 Å². The van der Waals surface area contributed by atoms with Crippen LogP contribution in [0.5, 0.6) is 0 Å². The van der Waals surface area contributed by atoms with Gasteiger partial charge in [0.15, 0.2) is 5.82 Å². The van der Waals surface area contributed by atoms with Crippen molar-refractivity contribution in [3.63, 3.8) is 0 Å². The smallest absolute Gasteiger partial charge is 0.162 e. The summed E-state index contributed by atoms with van der Waals surface area (Å²) in [6.07, 6.45) is 0. The number of benzene rings is 2. The zero-order valence-corrected chi connectivity index (χ0v) is 14.4. The molecule has 0 radical (unpaired) electrons. The highest BCUT2D eigenvalue weighted by molar-refractivity contribution is 6.30. The Labute approximate surface area is 146 Å². The fraction of sp³-hybridized carbons (Fsp3) is 0.263. The van der Waals surface area contributed by atoms with Gasteiger partial charge in [0.1, 0.15) is 5.82 Å². The van der Waals surface area contributed by atoms with Gasteiger partial charge < -0.3 is 9.80 Å². The van der Waals surface area contributed by atoms with Crippen LogP contribution < -0.4 is 9.80 Å². The molecule has 0 aliphatic carbocycles. The van der Waals surface area contributed by atoms with E-state index in [1.165, 1.54) is 0 Å². The number of hydrogen-bond donors (Lipinski definition) is 1. The van der Waals surface area contributed by atoms with Crippen molar-refractivity contribution >= 4 is 28.3 Å². The second kappa shape index (κ2) is 6.38. The van der Waals surface area contributed by atoms with Crippen LogP contribution in [0.25, 0.3) is 22.3 Å². The topological polar surface area (TPSA) is 33.5 Å². The molecule has 1 saturated heterocycles. The maximum atomic E-state index is 6.15. The molecule has 5 heteroatoms. The lowest BCUT2D eigenvalue weighted by Crippen LogP contribution is -3.12. The van der Waals surface area contributed by atoms with E-state index in [1.807, 2.05) is 30.3 Å². The number of likely N-dealkylation sites (N-methyl/N-ethyl adjacent to an activating group) is 1. The number of hydrogen-bond acceptors (Lipinski definition) is 3. The van der Waals surface area contributed by atoms with E-state index in [2.05, 4.69) is 30.1 Å². The van der Waals surface area contributed by atoms with Crippen LogP contribution in [0, 0.1) is 0 Å². The largest absolute Gasteiger partial charge is 0.345 e. The molecule has 0 saturated carbocycles. The average Bonchev–Trinajstić information content (AvgIpc) is 2.61. The summed E-state index contributed by atoms with van der Waals surface area (Å²) in [5, 5.41) is 1.82. The van der Waals surface area contributed by atoms with Crippen LogP contribution in [0.15, 0.2) is 48.5 Å². The van der Waals surface area contributed by atoms with Gasteiger partial charge in [-0.05, 0) is 24.3 Å². The van der Waals surface area contributed by atoms with Gasteiger partial charge in [-0.1, -0.05) is 35.9 Å². The molecule has 1 fully saturated rings. The van der Waals surface area contributed by atoms with Gasteiger partial charge in [-0.2, -0.15) is 0 Å². The van der Waals surface area contributed by atoms with Crippen LogP contribution in [-0.4, -0.2) is 43.2 Å². The third-order valence-electron chi connectivity index (χ3n) is 4.58. The summed E-state index contributed by atoms with van der Waals surface area (Å²) in [7, 11) is 2.24. The third-order valence-corrected chi connectivity index (χ3v) is 4.82. The Bertz CT molecular complexity index is 872. The van der Waals surface area contributed by atoms with E-state index in [0.717, 1.165) is 54.3 Å². The normalized spacial score (nSPS) is 15.8. The van der Waals surface area contributed by atoms with Crippen molar-refractivity contribution in [3.05, 3.63) is 53.6 Å². The van der Waals surface area contributed by atoms with Crippen molar-refractivity contribution in [3.8, 4) is 11.4 Å². The maximum Gasteiger partial charge on any atom is 0.162 e. The van der Waals surface area contributed by atoms with Gasteiger partial charge in [0.25, 0.3) is 0 Å². The SMILES string of the molecule is C[NH+]1CCN(c2nc(-c3cccc(Cl)c3)nc3ccccc23)CC1. The van der Waals surface area contributed by atoms with Crippen LogP contribution in [0.4, 0.5) is 5.82 Å². The molecule has 2 heterocycles. The molecule has 1 N–H and O–H groups in total. The van der Waals surface area contributed by atoms with Gasteiger partial charge in [0.05, 0.1) is 38.7 Å². The van der Waals surface area contributed by atoms with Crippen molar-refractivity contribution in [1.82, 2.24) is 9.97 Å². The zero-order valence-electron chi connectivity index (χ0n) is 13.7. The van der Waals surface area contributed by atoms with Crippen LogP contribution in [0.3, 0.4) is 0 Å². The number of nitrogens with zero attached hydrogens (tertiary/aromatic N) is 3. The molecular weight excluding hydrogens is 320 g/mol. The summed E-state index contributed by atoms with van der Waals surface area (Å²) in [4.78, 5) is 13.6. The summed E-state index contributed by atoms with van der Waals surface area (Å²) in [6, 6.07) is 16.0. The lowest BCUT2D eigenvalue weighted by molar-refractivity contribution is -0.880. The molecule has 3 aromatic rings. The van der Waals surface area contributed by atoms with E-state index in [1.54, 1.807) is 4.90 Å². The number of fused-ring (bicyclic) bond motifs is 1. The lowest BCUT2D eigenvalue weighted by Gasteiger charge is -2.31. The van der Waals surface area contributed by atoms with Crippen molar-refractivity contribution in [1.29, 1.82) is 0 Å². The van der Waals surface area contributed by atoms with Gasteiger partial charge >= 0.3 is 0 Å². The number of halogens is 1. The number of piperazine rings is 1. The molecule has 1 aliphatic rings. The van der Waals surface area contributed by atoms with Crippen LogP contribution in [0.1, 0.15) is 0 Å². The van der Waals surface area contributed by atoms with Crippen molar-refractivity contribution in [2.24, 2.45) is 0 Å². The third kappa shape index (κ3) is 2.95. The quantitative estimate of drug-likeness (QED) is 0.777. The minimum absolute atomic E-state index is 0.703. The summed E-state index contributed by atoms with van der Waals surface area (Å²) in [5.74, 6) is 1.76. The number of aromatic nitrogens is 2. The number of rotatable bonds is 2.